The fourth-order valence-corrected chi connectivity index (χ4v) is 5.17. The van der Waals surface area contributed by atoms with Gasteiger partial charge in [-0.2, -0.15) is 9.35 Å². The Balaban J connectivity index is 1.48. The summed E-state index contributed by atoms with van der Waals surface area (Å²) in [6.07, 6.45) is 3.20. The first-order valence-electron chi connectivity index (χ1n) is 8.72. The van der Waals surface area contributed by atoms with E-state index < -0.39 is 15.7 Å². The van der Waals surface area contributed by atoms with Crippen molar-refractivity contribution in [2.45, 2.75) is 19.4 Å². The molecule has 0 spiro atoms. The van der Waals surface area contributed by atoms with Crippen molar-refractivity contribution in [2.24, 2.45) is 4.36 Å². The van der Waals surface area contributed by atoms with Gasteiger partial charge in [0.1, 0.15) is 31.8 Å². The van der Waals surface area contributed by atoms with E-state index in [1.807, 2.05) is 0 Å². The second-order valence-corrected chi connectivity index (χ2v) is 8.80. The number of nitrogens with zero attached hydrogens (tertiary/aromatic N) is 3. The molecule has 1 fully saturated rings. The summed E-state index contributed by atoms with van der Waals surface area (Å²) in [5.41, 5.74) is 1.33. The molecular formula is C18H19N3O5S. The van der Waals surface area contributed by atoms with E-state index in [0.717, 1.165) is 12.8 Å². The maximum absolute atomic E-state index is 12.6. The predicted molar refractivity (Wildman–Crippen MR) is 97.8 cm³/mol. The first kappa shape index (κ1) is 17.7. The molecule has 0 aliphatic carbocycles. The maximum Gasteiger partial charge on any atom is 0.338 e. The Hall–Kier alpha value is -2.68. The zero-order valence-corrected chi connectivity index (χ0v) is 15.4. The number of carbonyl (C=O) groups is 1. The third kappa shape index (κ3) is 4.02. The molecule has 0 N–H and O–H groups in total. The van der Waals surface area contributed by atoms with E-state index in [2.05, 4.69) is 14.3 Å². The Kier molecular flexibility index (Phi) is 4.93. The van der Waals surface area contributed by atoms with E-state index in [1.165, 1.54) is 6.33 Å². The minimum Gasteiger partial charge on any atom is -0.483 e. The van der Waals surface area contributed by atoms with Gasteiger partial charge in [-0.1, -0.05) is 6.07 Å². The number of aromatic nitrogens is 2. The molecule has 2 aromatic rings. The number of hydrogen-bond donors (Lipinski definition) is 0. The van der Waals surface area contributed by atoms with Crippen LogP contribution >= 0.6 is 0 Å². The molecule has 0 bridgehead atoms. The number of ether oxygens (including phenoxy) is 3. The quantitative estimate of drug-likeness (QED) is 0.741. The van der Waals surface area contributed by atoms with Gasteiger partial charge in [-0.3, -0.25) is 0 Å². The molecule has 0 atom stereocenters. The minimum atomic E-state index is -2.19. The fraction of sp³-hybridized carbons (Fsp3) is 0.389. The van der Waals surface area contributed by atoms with Gasteiger partial charge in [0, 0.05) is 11.5 Å². The van der Waals surface area contributed by atoms with Gasteiger partial charge < -0.3 is 14.2 Å². The third-order valence-corrected chi connectivity index (χ3v) is 6.68. The highest BCUT2D eigenvalue weighted by Gasteiger charge is 2.20. The van der Waals surface area contributed by atoms with Crippen LogP contribution in [-0.4, -0.2) is 44.9 Å². The molecule has 4 rings (SSSR count). The fourth-order valence-electron chi connectivity index (χ4n) is 2.97. The number of esters is 1. The summed E-state index contributed by atoms with van der Waals surface area (Å²) in [5.74, 6) is 1.46. The lowest BCUT2D eigenvalue weighted by Crippen LogP contribution is -2.19. The van der Waals surface area contributed by atoms with Gasteiger partial charge in [0.05, 0.1) is 21.0 Å². The van der Waals surface area contributed by atoms with Gasteiger partial charge in [-0.15, -0.1) is 0 Å². The van der Waals surface area contributed by atoms with E-state index in [1.54, 1.807) is 24.3 Å². The summed E-state index contributed by atoms with van der Waals surface area (Å²) in [4.78, 5) is 20.5. The van der Waals surface area contributed by atoms with Crippen LogP contribution in [0.4, 0.5) is 5.69 Å². The normalized spacial score (nSPS) is 17.3. The minimum absolute atomic E-state index is 0.0643. The molecule has 1 aromatic carbocycles. The zero-order valence-electron chi connectivity index (χ0n) is 14.6. The molecule has 2 aliphatic heterocycles. The van der Waals surface area contributed by atoms with E-state index in [-0.39, 0.29) is 6.61 Å². The first-order chi connectivity index (χ1) is 13.1. The largest absolute Gasteiger partial charge is 0.483 e. The van der Waals surface area contributed by atoms with Crippen molar-refractivity contribution < 1.29 is 23.2 Å². The summed E-state index contributed by atoms with van der Waals surface area (Å²) in [7, 11) is -2.19. The summed E-state index contributed by atoms with van der Waals surface area (Å²) in [6, 6.07) is 6.69. The summed E-state index contributed by atoms with van der Waals surface area (Å²) < 4.78 is 33.2. The molecule has 27 heavy (non-hydrogen) atoms. The van der Waals surface area contributed by atoms with E-state index in [9.17, 15) is 9.00 Å². The molecule has 142 valence electrons. The molecule has 1 aromatic heterocycles. The van der Waals surface area contributed by atoms with Crippen molar-refractivity contribution in [2.75, 3.05) is 24.7 Å². The zero-order chi connectivity index (χ0) is 18.7. The van der Waals surface area contributed by atoms with Gasteiger partial charge in [-0.25, -0.2) is 14.0 Å². The summed E-state index contributed by atoms with van der Waals surface area (Å²) in [6.45, 7) is 0.748. The van der Waals surface area contributed by atoms with Gasteiger partial charge in [-0.05, 0) is 31.0 Å². The number of rotatable bonds is 4. The van der Waals surface area contributed by atoms with Gasteiger partial charge >= 0.3 is 5.97 Å². The topological polar surface area (TPSA) is 100.0 Å². The number of hydrogen-bond acceptors (Lipinski definition) is 8. The lowest BCUT2D eigenvalue weighted by atomic mass is 10.2. The molecule has 0 amide bonds. The molecular weight excluding hydrogens is 370 g/mol. The van der Waals surface area contributed by atoms with Crippen molar-refractivity contribution in [3.8, 4) is 11.6 Å². The van der Waals surface area contributed by atoms with Crippen LogP contribution in [0.1, 0.15) is 28.9 Å². The van der Waals surface area contributed by atoms with E-state index >= 15 is 0 Å². The standard InChI is InChI=1S/C18H19N3O5S/c22-18(26-11-15-16-17(20-12-19-15)25-7-6-24-16)13-4-3-5-14(10-13)21-27(23)8-1-2-9-27/h3-5,10,12H,1-2,6-9,11H2. The second kappa shape index (κ2) is 7.51. The average Bonchev–Trinajstić information content (AvgIpc) is 3.12. The average molecular weight is 389 g/mol. The van der Waals surface area contributed by atoms with Gasteiger partial charge in [0.15, 0.2) is 0 Å². The van der Waals surface area contributed by atoms with Crippen molar-refractivity contribution in [1.82, 2.24) is 9.97 Å². The SMILES string of the molecule is O=C(OCc1ncnc2c1OCCO2)c1cccc(N=S2(=O)CCCC2)c1. The smallest absolute Gasteiger partial charge is 0.338 e. The Morgan fingerprint density at radius 1 is 1.19 bits per heavy atom. The second-order valence-electron chi connectivity index (χ2n) is 6.26. The monoisotopic (exact) mass is 389 g/mol. The molecule has 3 heterocycles. The van der Waals surface area contributed by atoms with E-state index in [4.69, 9.17) is 14.2 Å². The third-order valence-electron chi connectivity index (χ3n) is 4.28. The van der Waals surface area contributed by atoms with Gasteiger partial charge in [0.25, 0.3) is 5.88 Å². The molecule has 8 nitrogen and oxygen atoms in total. The number of carbonyl (C=O) groups excluding carboxylic acids is 1. The Morgan fingerprint density at radius 3 is 2.85 bits per heavy atom. The van der Waals surface area contributed by atoms with Crippen molar-refractivity contribution in [3.63, 3.8) is 0 Å². The number of fused-ring (bicyclic) bond motifs is 1. The van der Waals surface area contributed by atoms with Crippen LogP contribution < -0.4 is 9.47 Å². The molecule has 0 radical (unpaired) electrons. The highest BCUT2D eigenvalue weighted by Crippen LogP contribution is 2.30. The molecule has 0 saturated carbocycles. The lowest BCUT2D eigenvalue weighted by molar-refractivity contribution is 0.0459. The van der Waals surface area contributed by atoms with Crippen LogP contribution in [0.5, 0.6) is 11.6 Å². The summed E-state index contributed by atoms with van der Waals surface area (Å²) in [5, 5.41) is 0. The summed E-state index contributed by atoms with van der Waals surface area (Å²) >= 11 is 0. The maximum atomic E-state index is 12.6. The molecule has 1 saturated heterocycles. The van der Waals surface area contributed by atoms with Crippen LogP contribution in [0.3, 0.4) is 0 Å². The van der Waals surface area contributed by atoms with Gasteiger partial charge in [0.2, 0.25) is 5.75 Å². The highest BCUT2D eigenvalue weighted by atomic mass is 32.2. The Labute approximate surface area is 157 Å². The number of benzene rings is 1. The van der Waals surface area contributed by atoms with Crippen LogP contribution in [-0.2, 0) is 21.1 Å². The van der Waals surface area contributed by atoms with Crippen LogP contribution in [0.2, 0.25) is 0 Å². The van der Waals surface area contributed by atoms with Crippen LogP contribution in [0, 0.1) is 0 Å². The predicted octanol–water partition coefficient (Wildman–Crippen LogP) is 2.50. The Bertz CT molecular complexity index is 973. The van der Waals surface area contributed by atoms with Crippen molar-refractivity contribution in [1.29, 1.82) is 0 Å². The van der Waals surface area contributed by atoms with Crippen molar-refractivity contribution in [3.05, 3.63) is 41.9 Å². The van der Waals surface area contributed by atoms with Crippen molar-refractivity contribution >= 4 is 21.4 Å². The first-order valence-corrected chi connectivity index (χ1v) is 10.6. The van der Waals surface area contributed by atoms with Crippen LogP contribution in [0.25, 0.3) is 0 Å². The van der Waals surface area contributed by atoms with E-state index in [0.29, 0.717) is 53.3 Å². The molecule has 9 heteroatoms. The molecule has 0 unspecified atom stereocenters. The molecule has 2 aliphatic rings. The Morgan fingerprint density at radius 2 is 2.00 bits per heavy atom. The van der Waals surface area contributed by atoms with Crippen LogP contribution in [0.15, 0.2) is 35.0 Å². The highest BCUT2D eigenvalue weighted by molar-refractivity contribution is 7.93. The lowest BCUT2D eigenvalue weighted by Gasteiger charge is -2.18.